The molecule has 2 N–H and O–H groups in total. The predicted octanol–water partition coefficient (Wildman–Crippen LogP) is 2.56. The Balaban J connectivity index is 1.94. The Bertz CT molecular complexity index is 519. The molecule has 0 saturated carbocycles. The number of nitrogens with zero attached hydrogens (tertiary/aromatic N) is 1. The molecule has 0 aromatic heterocycles. The second-order valence-corrected chi connectivity index (χ2v) is 5.14. The Morgan fingerprint density at radius 1 is 1.48 bits per heavy atom. The van der Waals surface area contributed by atoms with E-state index in [0.29, 0.717) is 25.4 Å². The predicted molar refractivity (Wildman–Crippen MR) is 80.1 cm³/mol. The number of hydrogen-bond acceptors (Lipinski definition) is 3. The highest BCUT2D eigenvalue weighted by Gasteiger charge is 2.21. The van der Waals surface area contributed by atoms with Crippen LogP contribution in [0.2, 0.25) is 0 Å². The van der Waals surface area contributed by atoms with Gasteiger partial charge in [-0.15, -0.1) is 0 Å². The van der Waals surface area contributed by atoms with Gasteiger partial charge in [0.05, 0.1) is 6.54 Å². The van der Waals surface area contributed by atoms with Crippen LogP contribution < -0.4 is 10.6 Å². The van der Waals surface area contributed by atoms with Crippen molar-refractivity contribution in [1.29, 1.82) is 0 Å². The number of carbonyl (C=O) groups excluding carboxylic acids is 2. The second kappa shape index (κ2) is 6.97. The lowest BCUT2D eigenvalue weighted by atomic mass is 10.2. The maximum absolute atomic E-state index is 11.8. The molecule has 1 atom stereocenters. The van der Waals surface area contributed by atoms with Crippen LogP contribution in [-0.4, -0.2) is 36.2 Å². The molecule has 0 bridgehead atoms. The summed E-state index contributed by atoms with van der Waals surface area (Å²) in [5, 5.41) is 5.64. The molecule has 6 heteroatoms. The summed E-state index contributed by atoms with van der Waals surface area (Å²) in [7, 11) is 0. The summed E-state index contributed by atoms with van der Waals surface area (Å²) in [6.45, 7) is 5.50. The van der Waals surface area contributed by atoms with Crippen LogP contribution in [0.3, 0.4) is 0 Å². The van der Waals surface area contributed by atoms with E-state index in [1.54, 1.807) is 4.90 Å². The molecule has 1 saturated heterocycles. The largest absolute Gasteiger partial charge is 0.448 e. The molecule has 2 rings (SSSR count). The third-order valence-corrected chi connectivity index (χ3v) is 3.39. The summed E-state index contributed by atoms with van der Waals surface area (Å²) in [6.07, 6.45) is 0.590. The molecule has 114 valence electrons. The van der Waals surface area contributed by atoms with Crippen LogP contribution in [0.5, 0.6) is 0 Å². The first kappa shape index (κ1) is 15.2. The number of ether oxygens (including phenoxy) is 1. The van der Waals surface area contributed by atoms with Gasteiger partial charge in [0.15, 0.2) is 0 Å². The highest BCUT2D eigenvalue weighted by molar-refractivity contribution is 5.89. The van der Waals surface area contributed by atoms with Gasteiger partial charge in [-0.2, -0.15) is 0 Å². The van der Waals surface area contributed by atoms with E-state index in [1.807, 2.05) is 38.1 Å². The molecule has 1 fully saturated rings. The minimum atomic E-state index is -0.289. The number of urea groups is 1. The van der Waals surface area contributed by atoms with E-state index in [9.17, 15) is 9.59 Å². The summed E-state index contributed by atoms with van der Waals surface area (Å²) in [5.74, 6) is 0. The number of anilines is 1. The van der Waals surface area contributed by atoms with Gasteiger partial charge in [-0.1, -0.05) is 19.1 Å². The van der Waals surface area contributed by atoms with E-state index in [0.717, 1.165) is 12.0 Å². The van der Waals surface area contributed by atoms with Crippen molar-refractivity contribution in [2.45, 2.75) is 32.9 Å². The number of rotatable bonds is 5. The first-order valence-corrected chi connectivity index (χ1v) is 7.16. The van der Waals surface area contributed by atoms with Crippen LogP contribution in [0.25, 0.3) is 0 Å². The zero-order valence-electron chi connectivity index (χ0n) is 12.4. The molecular formula is C15H21N3O3. The Labute approximate surface area is 124 Å². The Morgan fingerprint density at radius 2 is 2.29 bits per heavy atom. The van der Waals surface area contributed by atoms with Crippen LogP contribution in [-0.2, 0) is 11.3 Å². The first-order chi connectivity index (χ1) is 10.1. The lowest BCUT2D eigenvalue weighted by Crippen LogP contribution is -2.35. The van der Waals surface area contributed by atoms with Crippen molar-refractivity contribution < 1.29 is 14.3 Å². The molecule has 1 aromatic rings. The van der Waals surface area contributed by atoms with E-state index in [1.165, 1.54) is 0 Å². The zero-order valence-corrected chi connectivity index (χ0v) is 12.4. The minimum absolute atomic E-state index is 0.132. The molecule has 0 spiro atoms. The highest BCUT2D eigenvalue weighted by atomic mass is 16.6. The molecular weight excluding hydrogens is 270 g/mol. The molecule has 0 radical (unpaired) electrons. The Morgan fingerprint density at radius 3 is 2.95 bits per heavy atom. The van der Waals surface area contributed by atoms with Crippen LogP contribution in [0.15, 0.2) is 24.3 Å². The van der Waals surface area contributed by atoms with E-state index in [4.69, 9.17) is 4.74 Å². The average molecular weight is 291 g/mol. The quantitative estimate of drug-likeness (QED) is 0.876. The normalized spacial score (nSPS) is 15.5. The zero-order chi connectivity index (χ0) is 15.2. The summed E-state index contributed by atoms with van der Waals surface area (Å²) in [6, 6.07) is 7.37. The molecule has 1 aliphatic rings. The molecule has 0 aliphatic carbocycles. The topological polar surface area (TPSA) is 70.7 Å². The first-order valence-electron chi connectivity index (χ1n) is 7.16. The van der Waals surface area contributed by atoms with Gasteiger partial charge in [-0.3, -0.25) is 0 Å². The van der Waals surface area contributed by atoms with E-state index in [2.05, 4.69) is 10.6 Å². The molecule has 3 amide bonds. The summed E-state index contributed by atoms with van der Waals surface area (Å²) >= 11 is 0. The third kappa shape index (κ3) is 4.37. The fourth-order valence-corrected chi connectivity index (χ4v) is 2.03. The molecule has 1 aliphatic heterocycles. The van der Waals surface area contributed by atoms with Gasteiger partial charge in [0.1, 0.15) is 6.61 Å². The fraction of sp³-hybridized carbons (Fsp3) is 0.467. The van der Waals surface area contributed by atoms with Crippen molar-refractivity contribution >= 4 is 17.8 Å². The van der Waals surface area contributed by atoms with Crippen LogP contribution in [0.4, 0.5) is 15.3 Å². The molecule has 1 aromatic carbocycles. The number of nitrogens with one attached hydrogen (secondary N) is 2. The summed E-state index contributed by atoms with van der Waals surface area (Å²) < 4.78 is 4.90. The third-order valence-electron chi connectivity index (χ3n) is 3.39. The fourth-order valence-electron chi connectivity index (χ4n) is 2.03. The number of benzene rings is 1. The van der Waals surface area contributed by atoms with Gasteiger partial charge in [-0.05, 0) is 31.0 Å². The lowest BCUT2D eigenvalue weighted by Gasteiger charge is -2.15. The van der Waals surface area contributed by atoms with Gasteiger partial charge >= 0.3 is 12.1 Å². The Hall–Kier alpha value is -2.24. The monoisotopic (exact) mass is 291 g/mol. The maximum atomic E-state index is 11.8. The SMILES string of the molecule is CC[C@@H](C)NC(=O)Nc1cccc(CN2CCOC2=O)c1. The Kier molecular flexibility index (Phi) is 5.03. The van der Waals surface area contributed by atoms with Crippen molar-refractivity contribution in [2.24, 2.45) is 0 Å². The van der Waals surface area contributed by atoms with Crippen molar-refractivity contribution in [3.63, 3.8) is 0 Å². The van der Waals surface area contributed by atoms with E-state index >= 15 is 0 Å². The number of carbonyl (C=O) groups is 2. The van der Waals surface area contributed by atoms with E-state index < -0.39 is 0 Å². The lowest BCUT2D eigenvalue weighted by molar-refractivity contribution is 0.157. The smallest absolute Gasteiger partial charge is 0.410 e. The van der Waals surface area contributed by atoms with Crippen molar-refractivity contribution in [3.05, 3.63) is 29.8 Å². The van der Waals surface area contributed by atoms with Crippen LogP contribution in [0.1, 0.15) is 25.8 Å². The molecule has 0 unspecified atom stereocenters. The average Bonchev–Trinajstić information content (AvgIpc) is 2.84. The standard InChI is InChI=1S/C15H21N3O3/c1-3-11(2)16-14(19)17-13-6-4-5-12(9-13)10-18-7-8-21-15(18)20/h4-6,9,11H,3,7-8,10H2,1-2H3,(H2,16,17,19)/t11-/m1/s1. The van der Waals surface area contributed by atoms with Crippen LogP contribution in [0, 0.1) is 0 Å². The molecule has 21 heavy (non-hydrogen) atoms. The van der Waals surface area contributed by atoms with Gasteiger partial charge in [-0.25, -0.2) is 9.59 Å². The minimum Gasteiger partial charge on any atom is -0.448 e. The van der Waals surface area contributed by atoms with Crippen molar-refractivity contribution in [2.75, 3.05) is 18.5 Å². The number of cyclic esters (lactones) is 1. The molecule has 1 heterocycles. The van der Waals surface area contributed by atoms with Crippen LogP contribution >= 0.6 is 0 Å². The maximum Gasteiger partial charge on any atom is 0.410 e. The second-order valence-electron chi connectivity index (χ2n) is 5.14. The number of amides is 3. The van der Waals surface area contributed by atoms with Crippen molar-refractivity contribution in [1.82, 2.24) is 10.2 Å². The molecule has 6 nitrogen and oxygen atoms in total. The number of hydrogen-bond donors (Lipinski definition) is 2. The van der Waals surface area contributed by atoms with Gasteiger partial charge in [0.25, 0.3) is 0 Å². The van der Waals surface area contributed by atoms with Gasteiger partial charge in [0, 0.05) is 18.3 Å². The summed E-state index contributed by atoms with van der Waals surface area (Å²) in [4.78, 5) is 24.8. The van der Waals surface area contributed by atoms with Gasteiger partial charge in [0.2, 0.25) is 0 Å². The summed E-state index contributed by atoms with van der Waals surface area (Å²) in [5.41, 5.74) is 1.66. The van der Waals surface area contributed by atoms with Crippen molar-refractivity contribution in [3.8, 4) is 0 Å². The van der Waals surface area contributed by atoms with E-state index in [-0.39, 0.29) is 18.2 Å². The van der Waals surface area contributed by atoms with Gasteiger partial charge < -0.3 is 20.3 Å². The highest BCUT2D eigenvalue weighted by Crippen LogP contribution is 2.15.